The van der Waals surface area contributed by atoms with Crippen molar-refractivity contribution < 1.29 is 18.0 Å². The Hall–Kier alpha value is -2.03. The van der Waals surface area contributed by atoms with Gasteiger partial charge in [0, 0.05) is 12.1 Å². The van der Waals surface area contributed by atoms with Crippen LogP contribution in [0.5, 0.6) is 0 Å². The molecule has 2 aliphatic heterocycles. The van der Waals surface area contributed by atoms with Gasteiger partial charge in [-0.3, -0.25) is 4.79 Å². The van der Waals surface area contributed by atoms with Crippen LogP contribution in [0.2, 0.25) is 0 Å². The summed E-state index contributed by atoms with van der Waals surface area (Å²) in [5, 5.41) is 8.95. The molecule has 1 aromatic rings. The topological polar surface area (TPSA) is 44.1 Å². The zero-order valence-electron chi connectivity index (χ0n) is 11.8. The largest absolute Gasteiger partial charge is 0.471 e. The highest BCUT2D eigenvalue weighted by Crippen LogP contribution is 2.44. The SMILES string of the molecule is N#Cc1cccc(C2CC3CCC(C2)N3C(=O)C(F)(F)F)c1. The second-order valence-electron chi connectivity index (χ2n) is 6.00. The molecule has 2 heterocycles. The summed E-state index contributed by atoms with van der Waals surface area (Å²) in [7, 11) is 0. The van der Waals surface area contributed by atoms with E-state index in [1.165, 1.54) is 0 Å². The number of alkyl halides is 3. The van der Waals surface area contributed by atoms with Gasteiger partial charge in [0.1, 0.15) is 0 Å². The van der Waals surface area contributed by atoms with E-state index in [4.69, 9.17) is 5.26 Å². The van der Waals surface area contributed by atoms with E-state index in [9.17, 15) is 18.0 Å². The number of hydrogen-bond donors (Lipinski definition) is 0. The molecule has 2 unspecified atom stereocenters. The number of rotatable bonds is 1. The van der Waals surface area contributed by atoms with Gasteiger partial charge in [0.2, 0.25) is 0 Å². The van der Waals surface area contributed by atoms with Crippen molar-refractivity contribution in [1.82, 2.24) is 4.90 Å². The summed E-state index contributed by atoms with van der Waals surface area (Å²) in [5.41, 5.74) is 1.54. The molecule has 0 aliphatic carbocycles. The fraction of sp³-hybridized carbons (Fsp3) is 0.500. The lowest BCUT2D eigenvalue weighted by molar-refractivity contribution is -0.190. The highest BCUT2D eigenvalue weighted by atomic mass is 19.4. The van der Waals surface area contributed by atoms with E-state index >= 15 is 0 Å². The first-order valence-electron chi connectivity index (χ1n) is 7.29. The minimum absolute atomic E-state index is 0.114. The third-order valence-electron chi connectivity index (χ3n) is 4.70. The number of nitrogens with zero attached hydrogens (tertiary/aromatic N) is 2. The van der Waals surface area contributed by atoms with Crippen molar-refractivity contribution in [3.8, 4) is 6.07 Å². The Labute approximate surface area is 126 Å². The van der Waals surface area contributed by atoms with Gasteiger partial charge in [-0.25, -0.2) is 0 Å². The van der Waals surface area contributed by atoms with Crippen LogP contribution in [0.1, 0.15) is 42.7 Å². The molecular formula is C16H15F3N2O. The third kappa shape index (κ3) is 2.56. The molecule has 0 aromatic heterocycles. The highest BCUT2D eigenvalue weighted by Gasteiger charge is 2.51. The van der Waals surface area contributed by atoms with Gasteiger partial charge in [0.25, 0.3) is 0 Å². The first-order chi connectivity index (χ1) is 10.4. The predicted octanol–water partition coefficient (Wildman–Crippen LogP) is 3.36. The summed E-state index contributed by atoms with van der Waals surface area (Å²) in [6, 6.07) is 8.60. The lowest BCUT2D eigenvalue weighted by Crippen LogP contribution is -2.51. The van der Waals surface area contributed by atoms with Gasteiger partial charge in [0.05, 0.1) is 11.6 Å². The summed E-state index contributed by atoms with van der Waals surface area (Å²) < 4.78 is 38.1. The van der Waals surface area contributed by atoms with E-state index in [1.807, 2.05) is 6.07 Å². The number of halogens is 3. The van der Waals surface area contributed by atoms with Crippen LogP contribution in [0.25, 0.3) is 0 Å². The summed E-state index contributed by atoms with van der Waals surface area (Å²) in [6.07, 6.45) is -2.48. The molecule has 22 heavy (non-hydrogen) atoms. The van der Waals surface area contributed by atoms with Crippen molar-refractivity contribution in [2.45, 2.75) is 49.9 Å². The molecule has 2 aliphatic rings. The fourth-order valence-electron chi connectivity index (χ4n) is 3.79. The van der Waals surface area contributed by atoms with Gasteiger partial charge >= 0.3 is 12.1 Å². The van der Waals surface area contributed by atoms with Crippen molar-refractivity contribution in [3.63, 3.8) is 0 Å². The average molecular weight is 308 g/mol. The molecular weight excluding hydrogens is 293 g/mol. The maximum Gasteiger partial charge on any atom is 0.471 e. The Morgan fingerprint density at radius 3 is 2.41 bits per heavy atom. The summed E-state index contributed by atoms with van der Waals surface area (Å²) in [5.74, 6) is -1.59. The average Bonchev–Trinajstić information content (AvgIpc) is 2.75. The summed E-state index contributed by atoms with van der Waals surface area (Å²) in [6.45, 7) is 0. The minimum atomic E-state index is -4.80. The molecule has 3 rings (SSSR count). The van der Waals surface area contributed by atoms with E-state index in [2.05, 4.69) is 6.07 Å². The molecule has 0 saturated carbocycles. The molecule has 1 aromatic carbocycles. The van der Waals surface area contributed by atoms with Crippen molar-refractivity contribution in [2.24, 2.45) is 0 Å². The van der Waals surface area contributed by atoms with Gasteiger partial charge in [0.15, 0.2) is 0 Å². The van der Waals surface area contributed by atoms with Crippen molar-refractivity contribution >= 4 is 5.91 Å². The number of fused-ring (bicyclic) bond motifs is 2. The van der Waals surface area contributed by atoms with Gasteiger partial charge < -0.3 is 4.90 Å². The molecule has 116 valence electrons. The van der Waals surface area contributed by atoms with Crippen LogP contribution < -0.4 is 0 Å². The van der Waals surface area contributed by atoms with Crippen LogP contribution >= 0.6 is 0 Å². The standard InChI is InChI=1S/C16H15F3N2O/c17-16(18,19)15(22)21-13-4-5-14(21)8-12(7-13)11-3-1-2-10(6-11)9-20/h1-3,6,12-14H,4-5,7-8H2. The second kappa shape index (κ2) is 5.31. The van der Waals surface area contributed by atoms with E-state index < -0.39 is 12.1 Å². The van der Waals surface area contributed by atoms with Crippen LogP contribution in [-0.4, -0.2) is 29.1 Å². The highest BCUT2D eigenvalue weighted by molar-refractivity contribution is 5.83. The number of nitriles is 1. The molecule has 0 N–H and O–H groups in total. The molecule has 0 spiro atoms. The molecule has 0 radical (unpaired) electrons. The Morgan fingerprint density at radius 1 is 1.23 bits per heavy atom. The molecule has 2 fully saturated rings. The Bertz CT molecular complexity index is 621. The number of carbonyl (C=O) groups is 1. The minimum Gasteiger partial charge on any atom is -0.329 e. The van der Waals surface area contributed by atoms with Crippen molar-refractivity contribution in [3.05, 3.63) is 35.4 Å². The first-order valence-corrected chi connectivity index (χ1v) is 7.29. The molecule has 6 heteroatoms. The van der Waals surface area contributed by atoms with E-state index in [-0.39, 0.29) is 18.0 Å². The van der Waals surface area contributed by atoms with E-state index in [1.54, 1.807) is 18.2 Å². The van der Waals surface area contributed by atoms with Gasteiger partial charge in [-0.1, -0.05) is 12.1 Å². The Balaban J connectivity index is 1.80. The monoisotopic (exact) mass is 308 g/mol. The van der Waals surface area contributed by atoms with Crippen LogP contribution in [0.3, 0.4) is 0 Å². The zero-order chi connectivity index (χ0) is 15.9. The quantitative estimate of drug-likeness (QED) is 0.798. The molecule has 1 amide bonds. The molecule has 2 saturated heterocycles. The van der Waals surface area contributed by atoms with Gasteiger partial charge in [-0.05, 0) is 49.3 Å². The normalized spacial score (nSPS) is 27.5. The maximum atomic E-state index is 12.7. The van der Waals surface area contributed by atoms with Crippen LogP contribution in [0.15, 0.2) is 24.3 Å². The second-order valence-corrected chi connectivity index (χ2v) is 6.00. The summed E-state index contributed by atoms with van der Waals surface area (Å²) in [4.78, 5) is 12.6. The van der Waals surface area contributed by atoms with E-state index in [0.29, 0.717) is 31.2 Å². The summed E-state index contributed by atoms with van der Waals surface area (Å²) >= 11 is 0. The number of piperidine rings is 1. The third-order valence-corrected chi connectivity index (χ3v) is 4.70. The zero-order valence-corrected chi connectivity index (χ0v) is 11.8. The number of carbonyl (C=O) groups excluding carboxylic acids is 1. The number of benzene rings is 1. The van der Waals surface area contributed by atoms with Crippen molar-refractivity contribution in [1.29, 1.82) is 5.26 Å². The molecule has 2 atom stereocenters. The number of hydrogen-bond acceptors (Lipinski definition) is 2. The molecule has 2 bridgehead atoms. The predicted molar refractivity (Wildman–Crippen MR) is 72.8 cm³/mol. The van der Waals surface area contributed by atoms with Crippen LogP contribution in [-0.2, 0) is 4.79 Å². The van der Waals surface area contributed by atoms with Gasteiger partial charge in [-0.2, -0.15) is 18.4 Å². The lowest BCUT2D eigenvalue weighted by atomic mass is 9.84. The van der Waals surface area contributed by atoms with Crippen LogP contribution in [0.4, 0.5) is 13.2 Å². The number of amides is 1. The Kier molecular flexibility index (Phi) is 3.59. The van der Waals surface area contributed by atoms with Crippen LogP contribution in [0, 0.1) is 11.3 Å². The fourth-order valence-corrected chi connectivity index (χ4v) is 3.79. The maximum absolute atomic E-state index is 12.7. The first kappa shape index (κ1) is 14.9. The molecule has 3 nitrogen and oxygen atoms in total. The smallest absolute Gasteiger partial charge is 0.329 e. The Morgan fingerprint density at radius 2 is 1.86 bits per heavy atom. The van der Waals surface area contributed by atoms with E-state index in [0.717, 1.165) is 10.5 Å². The van der Waals surface area contributed by atoms with Crippen molar-refractivity contribution in [2.75, 3.05) is 0 Å². The van der Waals surface area contributed by atoms with Gasteiger partial charge in [-0.15, -0.1) is 0 Å². The lowest BCUT2D eigenvalue weighted by Gasteiger charge is -2.39.